The van der Waals surface area contributed by atoms with Gasteiger partial charge < -0.3 is 16.4 Å². The Bertz CT molecular complexity index is 1230. The van der Waals surface area contributed by atoms with Crippen LogP contribution in [0.25, 0.3) is 0 Å². The number of carbonyl (C=O) groups is 2. The average molecular weight is 441 g/mol. The largest absolute Gasteiger partial charge is 0.383 e. The third-order valence-corrected chi connectivity index (χ3v) is 5.32. The summed E-state index contributed by atoms with van der Waals surface area (Å²) in [6.45, 7) is 0. The second-order valence-electron chi connectivity index (χ2n) is 6.91. The molecule has 6 nitrogen and oxygen atoms in total. The number of nitrogens with zero attached hydrogens (tertiary/aromatic N) is 1. The van der Waals surface area contributed by atoms with E-state index in [4.69, 9.17) is 5.73 Å². The number of nitrogens with two attached hydrogens (primary N) is 1. The monoisotopic (exact) mass is 440 g/mol. The molecular formula is C25H20N4O2S. The van der Waals surface area contributed by atoms with E-state index < -0.39 is 0 Å². The fourth-order valence-corrected chi connectivity index (χ4v) is 3.57. The summed E-state index contributed by atoms with van der Waals surface area (Å²) in [7, 11) is 0. The molecule has 0 aliphatic rings. The van der Waals surface area contributed by atoms with Gasteiger partial charge in [0.25, 0.3) is 11.8 Å². The first-order valence-electron chi connectivity index (χ1n) is 9.83. The fourth-order valence-electron chi connectivity index (χ4n) is 2.94. The zero-order valence-corrected chi connectivity index (χ0v) is 17.8. The van der Waals surface area contributed by atoms with Crippen LogP contribution in [-0.2, 0) is 0 Å². The van der Waals surface area contributed by atoms with Crippen molar-refractivity contribution < 1.29 is 9.59 Å². The number of carbonyl (C=O) groups excluding carboxylic acids is 2. The lowest BCUT2D eigenvalue weighted by atomic mass is 10.1. The minimum absolute atomic E-state index is 0.151. The smallest absolute Gasteiger partial charge is 0.256 e. The van der Waals surface area contributed by atoms with Crippen LogP contribution in [0, 0.1) is 0 Å². The van der Waals surface area contributed by atoms with Crippen molar-refractivity contribution in [2.24, 2.45) is 10.7 Å². The molecule has 3 aromatic carbocycles. The van der Waals surface area contributed by atoms with Crippen LogP contribution in [0.4, 0.5) is 17.1 Å². The van der Waals surface area contributed by atoms with E-state index in [1.807, 2.05) is 23.6 Å². The van der Waals surface area contributed by atoms with Gasteiger partial charge in [0, 0.05) is 27.9 Å². The molecule has 0 aliphatic carbocycles. The summed E-state index contributed by atoms with van der Waals surface area (Å²) >= 11 is 1.48. The van der Waals surface area contributed by atoms with Crippen molar-refractivity contribution >= 4 is 46.0 Å². The molecule has 0 saturated carbocycles. The Morgan fingerprint density at radius 1 is 0.688 bits per heavy atom. The quantitative estimate of drug-likeness (QED) is 0.281. The standard InChI is InChI=1S/C25H20N4O2S/c26-23(17-6-8-21(9-7-17)28-24(30)18-4-2-1-3-5-18)27-20-10-12-22(13-11-20)29-25(31)19-14-15-32-16-19/h1-16H,(H2,26,27)(H,28,30)(H,29,31). The molecule has 0 aliphatic heterocycles. The number of benzene rings is 3. The Hall–Kier alpha value is -4.23. The van der Waals surface area contributed by atoms with Crippen molar-refractivity contribution in [2.45, 2.75) is 0 Å². The Morgan fingerprint density at radius 2 is 1.28 bits per heavy atom. The molecule has 0 unspecified atom stereocenters. The van der Waals surface area contributed by atoms with Gasteiger partial charge in [0.2, 0.25) is 0 Å². The zero-order valence-electron chi connectivity index (χ0n) is 17.0. The molecule has 0 saturated heterocycles. The maximum absolute atomic E-state index is 12.2. The number of amides is 2. The van der Waals surface area contributed by atoms with Gasteiger partial charge in [-0.25, -0.2) is 4.99 Å². The summed E-state index contributed by atoms with van der Waals surface area (Å²) in [5, 5.41) is 9.36. The van der Waals surface area contributed by atoms with E-state index in [2.05, 4.69) is 15.6 Å². The molecule has 4 N–H and O–H groups in total. The van der Waals surface area contributed by atoms with Crippen molar-refractivity contribution in [1.82, 2.24) is 0 Å². The van der Waals surface area contributed by atoms with Gasteiger partial charge in [-0.15, -0.1) is 0 Å². The van der Waals surface area contributed by atoms with Crippen LogP contribution < -0.4 is 16.4 Å². The number of hydrogen-bond donors (Lipinski definition) is 3. The van der Waals surface area contributed by atoms with E-state index in [0.717, 1.165) is 5.56 Å². The number of anilines is 2. The van der Waals surface area contributed by atoms with Crippen LogP contribution in [0.15, 0.2) is 101 Å². The lowest BCUT2D eigenvalue weighted by Crippen LogP contribution is -2.14. The lowest BCUT2D eigenvalue weighted by Gasteiger charge is -2.07. The number of thiophene rings is 1. The molecule has 1 heterocycles. The minimum atomic E-state index is -0.175. The van der Waals surface area contributed by atoms with E-state index in [9.17, 15) is 9.59 Å². The van der Waals surface area contributed by atoms with E-state index in [1.165, 1.54) is 11.3 Å². The molecule has 2 amide bonds. The summed E-state index contributed by atoms with van der Waals surface area (Å²) in [5.74, 6) is 0.0219. The van der Waals surface area contributed by atoms with E-state index in [1.54, 1.807) is 72.1 Å². The maximum Gasteiger partial charge on any atom is 0.256 e. The van der Waals surface area contributed by atoms with Crippen molar-refractivity contribution in [2.75, 3.05) is 10.6 Å². The van der Waals surface area contributed by atoms with E-state index >= 15 is 0 Å². The third-order valence-electron chi connectivity index (χ3n) is 4.63. The summed E-state index contributed by atoms with van der Waals surface area (Å²) in [6.07, 6.45) is 0. The molecule has 7 heteroatoms. The first-order valence-corrected chi connectivity index (χ1v) is 10.8. The minimum Gasteiger partial charge on any atom is -0.383 e. The molecule has 4 rings (SSSR count). The molecule has 0 atom stereocenters. The summed E-state index contributed by atoms with van der Waals surface area (Å²) < 4.78 is 0. The Morgan fingerprint density at radius 3 is 1.88 bits per heavy atom. The molecule has 32 heavy (non-hydrogen) atoms. The molecule has 0 spiro atoms. The molecule has 0 radical (unpaired) electrons. The molecule has 0 bridgehead atoms. The maximum atomic E-state index is 12.2. The summed E-state index contributed by atoms with van der Waals surface area (Å²) in [5.41, 5.74) is 10.1. The van der Waals surface area contributed by atoms with Crippen LogP contribution in [0.3, 0.4) is 0 Å². The van der Waals surface area contributed by atoms with Gasteiger partial charge in [-0.1, -0.05) is 18.2 Å². The van der Waals surface area contributed by atoms with Crippen molar-refractivity contribution in [3.8, 4) is 0 Å². The highest BCUT2D eigenvalue weighted by Crippen LogP contribution is 2.19. The molecule has 1 aromatic heterocycles. The van der Waals surface area contributed by atoms with Crippen LogP contribution in [-0.4, -0.2) is 17.6 Å². The number of nitrogens with one attached hydrogen (secondary N) is 2. The second-order valence-corrected chi connectivity index (χ2v) is 7.69. The van der Waals surface area contributed by atoms with Gasteiger partial charge in [0.15, 0.2) is 0 Å². The van der Waals surface area contributed by atoms with Gasteiger partial charge in [0.1, 0.15) is 5.84 Å². The predicted octanol–water partition coefficient (Wildman–Crippen LogP) is 5.29. The van der Waals surface area contributed by atoms with Gasteiger partial charge in [-0.3, -0.25) is 9.59 Å². The average Bonchev–Trinajstić information content (AvgIpc) is 3.37. The Labute approximate surface area is 189 Å². The van der Waals surface area contributed by atoms with Crippen LogP contribution in [0.5, 0.6) is 0 Å². The highest BCUT2D eigenvalue weighted by molar-refractivity contribution is 7.08. The molecule has 158 valence electrons. The van der Waals surface area contributed by atoms with Crippen molar-refractivity contribution in [1.29, 1.82) is 0 Å². The molecule has 0 fully saturated rings. The third kappa shape index (κ3) is 5.27. The van der Waals surface area contributed by atoms with Crippen LogP contribution >= 0.6 is 11.3 Å². The normalized spacial score (nSPS) is 11.1. The molecular weight excluding hydrogens is 420 g/mol. The predicted molar refractivity (Wildman–Crippen MR) is 130 cm³/mol. The summed E-state index contributed by atoms with van der Waals surface area (Å²) in [6, 6.07) is 25.1. The number of rotatable bonds is 6. The fraction of sp³-hybridized carbons (Fsp3) is 0. The van der Waals surface area contributed by atoms with Gasteiger partial charge in [-0.05, 0) is 72.1 Å². The van der Waals surface area contributed by atoms with Crippen molar-refractivity contribution in [3.05, 3.63) is 112 Å². The zero-order chi connectivity index (χ0) is 22.3. The molecule has 4 aromatic rings. The second kappa shape index (κ2) is 9.72. The van der Waals surface area contributed by atoms with E-state index in [-0.39, 0.29) is 11.8 Å². The number of amidine groups is 1. The van der Waals surface area contributed by atoms with Crippen LogP contribution in [0.1, 0.15) is 26.3 Å². The lowest BCUT2D eigenvalue weighted by molar-refractivity contribution is 0.101. The van der Waals surface area contributed by atoms with Gasteiger partial charge in [-0.2, -0.15) is 11.3 Å². The van der Waals surface area contributed by atoms with Crippen molar-refractivity contribution in [3.63, 3.8) is 0 Å². The van der Waals surface area contributed by atoms with Crippen LogP contribution in [0.2, 0.25) is 0 Å². The van der Waals surface area contributed by atoms with E-state index in [0.29, 0.717) is 34.0 Å². The highest BCUT2D eigenvalue weighted by Gasteiger charge is 2.07. The van der Waals surface area contributed by atoms with Gasteiger partial charge >= 0.3 is 0 Å². The Kier molecular flexibility index (Phi) is 6.38. The first kappa shape index (κ1) is 21.0. The topological polar surface area (TPSA) is 96.6 Å². The Balaban J connectivity index is 1.39. The SMILES string of the molecule is NC(=Nc1ccc(NC(=O)c2ccsc2)cc1)c1ccc(NC(=O)c2ccccc2)cc1. The number of hydrogen-bond acceptors (Lipinski definition) is 4. The first-order chi connectivity index (χ1) is 15.6. The highest BCUT2D eigenvalue weighted by atomic mass is 32.1. The summed E-state index contributed by atoms with van der Waals surface area (Å²) in [4.78, 5) is 28.8. The van der Waals surface area contributed by atoms with Gasteiger partial charge in [0.05, 0.1) is 11.3 Å². The number of aliphatic imine (C=N–C) groups is 1.